The van der Waals surface area contributed by atoms with Crippen LogP contribution in [0.25, 0.3) is 5.69 Å². The molecule has 94 valence electrons. The van der Waals surface area contributed by atoms with Crippen LogP contribution in [0.1, 0.15) is 11.3 Å². The topological polar surface area (TPSA) is 99.9 Å². The van der Waals surface area contributed by atoms with E-state index in [4.69, 9.17) is 5.73 Å². The zero-order valence-corrected chi connectivity index (χ0v) is 9.91. The Labute approximate surface area is 103 Å². The lowest BCUT2D eigenvalue weighted by atomic mass is 10.2. The molecule has 0 aliphatic carbocycles. The first-order valence-electron chi connectivity index (χ1n) is 5.48. The summed E-state index contributed by atoms with van der Waals surface area (Å²) in [5.74, 6) is 0. The quantitative estimate of drug-likeness (QED) is 0.641. The molecule has 18 heavy (non-hydrogen) atoms. The van der Waals surface area contributed by atoms with Crippen LogP contribution in [-0.2, 0) is 6.42 Å². The van der Waals surface area contributed by atoms with Crippen LogP contribution in [0.5, 0.6) is 0 Å². The van der Waals surface area contributed by atoms with Crippen molar-refractivity contribution in [3.05, 3.63) is 45.8 Å². The van der Waals surface area contributed by atoms with E-state index in [-0.39, 0.29) is 5.69 Å². The molecule has 0 atom stereocenters. The lowest BCUT2D eigenvalue weighted by Gasteiger charge is -2.01. The minimum Gasteiger partial charge on any atom is -0.330 e. The van der Waals surface area contributed by atoms with Crippen molar-refractivity contribution in [1.29, 1.82) is 0 Å². The van der Waals surface area contributed by atoms with Crippen molar-refractivity contribution in [1.82, 2.24) is 15.0 Å². The van der Waals surface area contributed by atoms with Gasteiger partial charge in [0, 0.05) is 18.1 Å². The van der Waals surface area contributed by atoms with E-state index in [9.17, 15) is 10.1 Å². The van der Waals surface area contributed by atoms with E-state index in [0.29, 0.717) is 24.2 Å². The Bertz CT molecular complexity index is 579. The van der Waals surface area contributed by atoms with Gasteiger partial charge in [0.15, 0.2) is 0 Å². The molecule has 2 N–H and O–H groups in total. The molecule has 1 heterocycles. The molecule has 0 aliphatic heterocycles. The second-order valence-corrected chi connectivity index (χ2v) is 3.92. The van der Waals surface area contributed by atoms with Crippen LogP contribution >= 0.6 is 0 Å². The number of nitrogens with two attached hydrogens (primary N) is 1. The van der Waals surface area contributed by atoms with Crippen molar-refractivity contribution in [3.8, 4) is 5.69 Å². The number of aryl methyl sites for hydroxylation is 1. The Hall–Kier alpha value is -2.28. The number of aromatic nitrogens is 3. The van der Waals surface area contributed by atoms with Gasteiger partial charge < -0.3 is 5.73 Å². The molecule has 7 heteroatoms. The zero-order valence-electron chi connectivity index (χ0n) is 9.91. The smallest absolute Gasteiger partial charge is 0.274 e. The fourth-order valence-electron chi connectivity index (χ4n) is 1.62. The van der Waals surface area contributed by atoms with Crippen LogP contribution < -0.4 is 5.73 Å². The maximum Gasteiger partial charge on any atom is 0.274 e. The summed E-state index contributed by atoms with van der Waals surface area (Å²) in [6.45, 7) is 2.19. The Kier molecular flexibility index (Phi) is 3.33. The maximum absolute atomic E-state index is 10.9. The van der Waals surface area contributed by atoms with E-state index in [1.54, 1.807) is 25.3 Å². The number of hydrogen-bond donors (Lipinski definition) is 1. The first-order valence-corrected chi connectivity index (χ1v) is 5.48. The Morgan fingerprint density at radius 1 is 1.50 bits per heavy atom. The van der Waals surface area contributed by atoms with Gasteiger partial charge >= 0.3 is 0 Å². The molecule has 0 radical (unpaired) electrons. The number of rotatable bonds is 4. The van der Waals surface area contributed by atoms with Crippen LogP contribution in [-0.4, -0.2) is 26.5 Å². The van der Waals surface area contributed by atoms with E-state index in [2.05, 4.69) is 10.3 Å². The summed E-state index contributed by atoms with van der Waals surface area (Å²) in [7, 11) is 0. The van der Waals surface area contributed by atoms with Gasteiger partial charge in [-0.3, -0.25) is 10.1 Å². The molecule has 0 fully saturated rings. The van der Waals surface area contributed by atoms with Crippen molar-refractivity contribution < 1.29 is 4.92 Å². The molecule has 2 aromatic rings. The van der Waals surface area contributed by atoms with Crippen molar-refractivity contribution in [2.75, 3.05) is 6.54 Å². The van der Waals surface area contributed by atoms with Gasteiger partial charge in [0.2, 0.25) is 0 Å². The van der Waals surface area contributed by atoms with E-state index in [1.807, 2.05) is 0 Å². The molecule has 2 rings (SSSR count). The van der Waals surface area contributed by atoms with Crippen LogP contribution in [0, 0.1) is 17.0 Å². The third-order valence-corrected chi connectivity index (χ3v) is 2.60. The third-order valence-electron chi connectivity index (χ3n) is 2.60. The predicted molar refractivity (Wildman–Crippen MR) is 65.5 cm³/mol. The number of nitro groups is 1. The second-order valence-electron chi connectivity index (χ2n) is 3.92. The Morgan fingerprint density at radius 3 is 2.94 bits per heavy atom. The average Bonchev–Trinajstić information content (AvgIpc) is 2.78. The minimum absolute atomic E-state index is 0.0726. The molecule has 0 saturated carbocycles. The van der Waals surface area contributed by atoms with E-state index >= 15 is 0 Å². The summed E-state index contributed by atoms with van der Waals surface area (Å²) in [5, 5.41) is 18.7. The monoisotopic (exact) mass is 247 g/mol. The number of nitrogens with zero attached hydrogens (tertiary/aromatic N) is 4. The zero-order chi connectivity index (χ0) is 13.1. The number of benzene rings is 1. The fraction of sp³-hybridized carbons (Fsp3) is 0.273. The molecule has 7 nitrogen and oxygen atoms in total. The van der Waals surface area contributed by atoms with Crippen molar-refractivity contribution in [3.63, 3.8) is 0 Å². The molecule has 0 aliphatic rings. The lowest BCUT2D eigenvalue weighted by Crippen LogP contribution is -2.02. The van der Waals surface area contributed by atoms with Gasteiger partial charge in [-0.05, 0) is 19.5 Å². The van der Waals surface area contributed by atoms with Gasteiger partial charge in [-0.1, -0.05) is 11.3 Å². The SMILES string of the molecule is Cc1ccc(-n2cc(CCN)nn2)cc1[N+](=O)[O-]. The molecule has 0 amide bonds. The highest BCUT2D eigenvalue weighted by Gasteiger charge is 2.12. The summed E-state index contributed by atoms with van der Waals surface area (Å²) in [6.07, 6.45) is 2.36. The summed E-state index contributed by atoms with van der Waals surface area (Å²) < 4.78 is 1.51. The predicted octanol–water partition coefficient (Wildman–Crippen LogP) is 0.985. The highest BCUT2D eigenvalue weighted by atomic mass is 16.6. The van der Waals surface area contributed by atoms with Gasteiger partial charge in [0.1, 0.15) is 0 Å². The van der Waals surface area contributed by atoms with Gasteiger partial charge in [0.25, 0.3) is 5.69 Å². The normalized spacial score (nSPS) is 10.6. The highest BCUT2D eigenvalue weighted by molar-refractivity contribution is 5.48. The van der Waals surface area contributed by atoms with Crippen LogP contribution in [0.4, 0.5) is 5.69 Å². The van der Waals surface area contributed by atoms with Crippen LogP contribution in [0.3, 0.4) is 0 Å². The van der Waals surface area contributed by atoms with Crippen molar-refractivity contribution in [2.24, 2.45) is 5.73 Å². The Morgan fingerprint density at radius 2 is 2.28 bits per heavy atom. The number of nitro benzene ring substituents is 1. The highest BCUT2D eigenvalue weighted by Crippen LogP contribution is 2.21. The largest absolute Gasteiger partial charge is 0.330 e. The van der Waals surface area contributed by atoms with Gasteiger partial charge in [-0.15, -0.1) is 5.10 Å². The second kappa shape index (κ2) is 4.92. The van der Waals surface area contributed by atoms with E-state index in [1.165, 1.54) is 10.7 Å². The van der Waals surface area contributed by atoms with Gasteiger partial charge in [0.05, 0.1) is 22.5 Å². The van der Waals surface area contributed by atoms with E-state index < -0.39 is 4.92 Å². The van der Waals surface area contributed by atoms with Crippen LogP contribution in [0.2, 0.25) is 0 Å². The van der Waals surface area contributed by atoms with Crippen molar-refractivity contribution in [2.45, 2.75) is 13.3 Å². The minimum atomic E-state index is -0.406. The average molecular weight is 247 g/mol. The van der Waals surface area contributed by atoms with E-state index in [0.717, 1.165) is 5.69 Å². The molecule has 1 aromatic heterocycles. The summed E-state index contributed by atoms with van der Waals surface area (Å²) in [6, 6.07) is 4.94. The third kappa shape index (κ3) is 2.35. The first kappa shape index (κ1) is 12.2. The van der Waals surface area contributed by atoms with Crippen LogP contribution in [0.15, 0.2) is 24.4 Å². The lowest BCUT2D eigenvalue weighted by molar-refractivity contribution is -0.385. The molecule has 1 aromatic carbocycles. The summed E-state index contributed by atoms with van der Waals surface area (Å²) >= 11 is 0. The van der Waals surface area contributed by atoms with Crippen molar-refractivity contribution >= 4 is 5.69 Å². The maximum atomic E-state index is 10.9. The first-order chi connectivity index (χ1) is 8.61. The Balaban J connectivity index is 2.38. The molecule has 0 bridgehead atoms. The molecule has 0 unspecified atom stereocenters. The van der Waals surface area contributed by atoms with Gasteiger partial charge in [-0.2, -0.15) is 0 Å². The molecule has 0 saturated heterocycles. The van der Waals surface area contributed by atoms with Gasteiger partial charge in [-0.25, -0.2) is 4.68 Å². The summed E-state index contributed by atoms with van der Waals surface area (Å²) in [4.78, 5) is 10.5. The standard InChI is InChI=1S/C11H13N5O2/c1-8-2-3-10(6-11(8)16(17)18)15-7-9(4-5-12)13-14-15/h2-3,6-7H,4-5,12H2,1H3. The molecule has 0 spiro atoms. The summed E-state index contributed by atoms with van der Waals surface area (Å²) in [5.41, 5.74) is 7.49. The molecular weight excluding hydrogens is 234 g/mol. The number of hydrogen-bond acceptors (Lipinski definition) is 5. The fourth-order valence-corrected chi connectivity index (χ4v) is 1.62. The molecular formula is C11H13N5O2.